The zero-order chi connectivity index (χ0) is 20.1. The summed E-state index contributed by atoms with van der Waals surface area (Å²) >= 11 is 0. The molecule has 0 radical (unpaired) electrons. The number of nitrogens with zero attached hydrogens (tertiary/aromatic N) is 2. The summed E-state index contributed by atoms with van der Waals surface area (Å²) in [5, 5.41) is 16.7. The number of hydrogen-bond donors (Lipinski definition) is 3. The highest BCUT2D eigenvalue weighted by Crippen LogP contribution is 2.21. The molecule has 28 heavy (non-hydrogen) atoms. The Morgan fingerprint density at radius 1 is 1.29 bits per heavy atom. The van der Waals surface area contributed by atoms with Gasteiger partial charge in [-0.05, 0) is 49.1 Å². The summed E-state index contributed by atoms with van der Waals surface area (Å²) in [6, 6.07) is 3.51. The van der Waals surface area contributed by atoms with Crippen LogP contribution in [0.5, 0.6) is 5.75 Å². The van der Waals surface area contributed by atoms with Gasteiger partial charge in [0.2, 0.25) is 0 Å². The van der Waals surface area contributed by atoms with Gasteiger partial charge in [0.1, 0.15) is 23.1 Å². The van der Waals surface area contributed by atoms with Crippen molar-refractivity contribution in [3.05, 3.63) is 71.3 Å². The highest BCUT2D eigenvalue weighted by atomic mass is 19.1. The molecule has 0 aromatic carbocycles. The molecule has 0 saturated carbocycles. The van der Waals surface area contributed by atoms with E-state index >= 15 is 0 Å². The van der Waals surface area contributed by atoms with Crippen molar-refractivity contribution in [1.29, 1.82) is 0 Å². The molecule has 3 heterocycles. The molecular weight excluding hydrogens is 359 g/mol. The molecule has 2 atom stereocenters. The number of halogens is 1. The van der Waals surface area contributed by atoms with Crippen molar-refractivity contribution >= 4 is 5.82 Å². The highest BCUT2D eigenvalue weighted by Gasteiger charge is 2.20. The first kappa shape index (κ1) is 19.8. The van der Waals surface area contributed by atoms with Crippen molar-refractivity contribution < 1.29 is 14.2 Å². The Balaban J connectivity index is 1.77. The fraction of sp³-hybridized carbons (Fsp3) is 0.333. The maximum Gasteiger partial charge on any atom is 0.166 e. The summed E-state index contributed by atoms with van der Waals surface area (Å²) < 4.78 is 19.4. The number of aliphatic hydroxyl groups is 1. The van der Waals surface area contributed by atoms with E-state index in [1.807, 2.05) is 25.3 Å². The van der Waals surface area contributed by atoms with Gasteiger partial charge in [0, 0.05) is 18.3 Å². The molecule has 2 aromatic heterocycles. The van der Waals surface area contributed by atoms with Crippen molar-refractivity contribution in [2.45, 2.75) is 45.9 Å². The largest absolute Gasteiger partial charge is 0.456 e. The minimum Gasteiger partial charge on any atom is -0.456 e. The van der Waals surface area contributed by atoms with Crippen LogP contribution in [0.15, 0.2) is 54.3 Å². The Bertz CT molecular complexity index is 898. The fourth-order valence-corrected chi connectivity index (χ4v) is 2.82. The molecule has 0 amide bonds. The van der Waals surface area contributed by atoms with Crippen LogP contribution in [0, 0.1) is 12.7 Å². The zero-order valence-electron chi connectivity index (χ0n) is 16.2. The van der Waals surface area contributed by atoms with Crippen LogP contribution in [-0.2, 0) is 6.42 Å². The van der Waals surface area contributed by atoms with Crippen molar-refractivity contribution in [2.24, 2.45) is 0 Å². The van der Waals surface area contributed by atoms with E-state index in [2.05, 4.69) is 27.5 Å². The Morgan fingerprint density at radius 3 is 2.82 bits per heavy atom. The summed E-state index contributed by atoms with van der Waals surface area (Å²) in [6.07, 6.45) is 8.95. The maximum atomic E-state index is 13.4. The molecule has 0 saturated heterocycles. The predicted molar refractivity (Wildman–Crippen MR) is 106 cm³/mol. The molecule has 3 rings (SSSR count). The highest BCUT2D eigenvalue weighted by molar-refractivity contribution is 5.41. The van der Waals surface area contributed by atoms with E-state index in [4.69, 9.17) is 4.74 Å². The number of nitrogens with one attached hydrogen (secondary N) is 2. The summed E-state index contributed by atoms with van der Waals surface area (Å²) in [5.41, 5.74) is 2.09. The first-order chi connectivity index (χ1) is 13.5. The summed E-state index contributed by atoms with van der Waals surface area (Å²) in [7, 11) is 0. The van der Waals surface area contributed by atoms with Gasteiger partial charge in [-0.1, -0.05) is 13.8 Å². The first-order valence-corrected chi connectivity index (χ1v) is 9.37. The number of pyridine rings is 2. The third-order valence-corrected chi connectivity index (χ3v) is 4.49. The number of aliphatic hydroxyl groups excluding tert-OH is 1. The van der Waals surface area contributed by atoms with E-state index in [9.17, 15) is 9.50 Å². The van der Waals surface area contributed by atoms with E-state index in [-0.39, 0.29) is 11.9 Å². The Labute approximate surface area is 164 Å². The van der Waals surface area contributed by atoms with E-state index < -0.39 is 6.23 Å². The maximum absolute atomic E-state index is 13.4. The fourth-order valence-electron chi connectivity index (χ4n) is 2.82. The summed E-state index contributed by atoms with van der Waals surface area (Å²) in [5.74, 6) is 1.28. The molecule has 2 unspecified atom stereocenters. The van der Waals surface area contributed by atoms with E-state index in [1.54, 1.807) is 25.3 Å². The van der Waals surface area contributed by atoms with Crippen LogP contribution in [-0.4, -0.2) is 27.3 Å². The number of anilines is 1. The van der Waals surface area contributed by atoms with E-state index in [0.717, 1.165) is 24.6 Å². The Morgan fingerprint density at radius 2 is 2.11 bits per heavy atom. The van der Waals surface area contributed by atoms with Gasteiger partial charge < -0.3 is 20.5 Å². The summed E-state index contributed by atoms with van der Waals surface area (Å²) in [4.78, 5) is 8.16. The van der Waals surface area contributed by atoms with Gasteiger partial charge in [0.05, 0.1) is 18.1 Å². The molecule has 0 spiro atoms. The van der Waals surface area contributed by atoms with Crippen LogP contribution in [0.25, 0.3) is 0 Å². The standard InChI is InChI=1S/C21H25FN4O2/c1-4-14-7-17(11-23-10-14)28-16-8-15(5-2)25-19(9-16)21(27)26-20-6-13(3)18(22)12-24-20/h6-12,15,21,25,27H,4-5H2,1-3H3,(H,24,26). The third kappa shape index (κ3) is 4.86. The zero-order valence-corrected chi connectivity index (χ0v) is 16.2. The van der Waals surface area contributed by atoms with Crippen molar-refractivity contribution in [1.82, 2.24) is 15.3 Å². The number of dihydropyridines is 1. The van der Waals surface area contributed by atoms with Crippen LogP contribution >= 0.6 is 0 Å². The molecule has 1 aliphatic heterocycles. The van der Waals surface area contributed by atoms with Crippen LogP contribution in [0.1, 0.15) is 31.4 Å². The minimum absolute atomic E-state index is 0.0108. The van der Waals surface area contributed by atoms with Crippen molar-refractivity contribution in [3.8, 4) is 5.75 Å². The van der Waals surface area contributed by atoms with E-state index in [0.29, 0.717) is 28.6 Å². The van der Waals surface area contributed by atoms with Gasteiger partial charge in [-0.2, -0.15) is 0 Å². The first-order valence-electron chi connectivity index (χ1n) is 9.37. The minimum atomic E-state index is -1.04. The van der Waals surface area contributed by atoms with Crippen molar-refractivity contribution in [2.75, 3.05) is 5.32 Å². The molecule has 148 valence electrons. The molecule has 1 aliphatic rings. The summed E-state index contributed by atoms with van der Waals surface area (Å²) in [6.45, 7) is 5.74. The molecule has 2 aromatic rings. The number of aromatic nitrogens is 2. The van der Waals surface area contributed by atoms with Crippen LogP contribution in [0.3, 0.4) is 0 Å². The lowest BCUT2D eigenvalue weighted by molar-refractivity contribution is 0.225. The lowest BCUT2D eigenvalue weighted by Gasteiger charge is -2.27. The molecule has 0 bridgehead atoms. The lowest BCUT2D eigenvalue weighted by Crippen LogP contribution is -2.38. The Hall–Kier alpha value is -2.93. The quantitative estimate of drug-likeness (QED) is 0.635. The van der Waals surface area contributed by atoms with Crippen LogP contribution < -0.4 is 15.4 Å². The third-order valence-electron chi connectivity index (χ3n) is 4.49. The molecule has 3 N–H and O–H groups in total. The van der Waals surface area contributed by atoms with Gasteiger partial charge in [0.15, 0.2) is 6.23 Å². The second-order valence-corrected chi connectivity index (χ2v) is 6.68. The van der Waals surface area contributed by atoms with Gasteiger partial charge in [-0.15, -0.1) is 0 Å². The lowest BCUT2D eigenvalue weighted by atomic mass is 10.1. The van der Waals surface area contributed by atoms with Crippen LogP contribution in [0.2, 0.25) is 0 Å². The van der Waals surface area contributed by atoms with Gasteiger partial charge in [0.25, 0.3) is 0 Å². The van der Waals surface area contributed by atoms with Gasteiger partial charge in [-0.3, -0.25) is 4.98 Å². The number of allylic oxidation sites excluding steroid dienone is 1. The number of ether oxygens (including phenoxy) is 1. The number of rotatable bonds is 7. The monoisotopic (exact) mass is 384 g/mol. The second-order valence-electron chi connectivity index (χ2n) is 6.68. The SMILES string of the molecule is CCc1cncc(OC2=CC(CC)NC(C(O)Nc3cc(C)c(F)cn3)=C2)c1. The van der Waals surface area contributed by atoms with Crippen molar-refractivity contribution in [3.63, 3.8) is 0 Å². The smallest absolute Gasteiger partial charge is 0.166 e. The second kappa shape index (κ2) is 8.84. The number of aryl methyl sites for hydroxylation is 2. The average Bonchev–Trinajstić information content (AvgIpc) is 2.70. The Kier molecular flexibility index (Phi) is 6.26. The topological polar surface area (TPSA) is 79.3 Å². The molecular formula is C21H25FN4O2. The molecule has 0 aliphatic carbocycles. The number of hydrogen-bond acceptors (Lipinski definition) is 6. The molecule has 0 fully saturated rings. The van der Waals surface area contributed by atoms with Gasteiger partial charge in [-0.25, -0.2) is 9.37 Å². The molecule has 7 heteroatoms. The van der Waals surface area contributed by atoms with Crippen LogP contribution in [0.4, 0.5) is 10.2 Å². The van der Waals surface area contributed by atoms with Gasteiger partial charge >= 0.3 is 0 Å². The predicted octanol–water partition coefficient (Wildman–Crippen LogP) is 3.45. The normalized spacial score (nSPS) is 17.2. The average molecular weight is 384 g/mol. The molecule has 6 nitrogen and oxygen atoms in total. The van der Waals surface area contributed by atoms with E-state index in [1.165, 1.54) is 0 Å².